The normalized spacial score (nSPS) is 9.58. The quantitative estimate of drug-likeness (QED) is 0.676. The zero-order chi connectivity index (χ0) is 9.14. The van der Waals surface area contributed by atoms with E-state index in [0.29, 0.717) is 15.7 Å². The van der Waals surface area contributed by atoms with Gasteiger partial charge in [0.2, 0.25) is 0 Å². The number of hydrogen-bond donors (Lipinski definition) is 0. The first-order valence-electron chi connectivity index (χ1n) is 3.21. The van der Waals surface area contributed by atoms with Gasteiger partial charge in [-0.1, -0.05) is 23.2 Å². The second kappa shape index (κ2) is 3.78. The molecule has 1 radical (unpaired) electrons. The lowest BCUT2D eigenvalue weighted by Gasteiger charge is -2.09. The molecule has 0 saturated carbocycles. The Morgan fingerprint density at radius 2 is 1.75 bits per heavy atom. The summed E-state index contributed by atoms with van der Waals surface area (Å²) in [4.78, 5) is 11.5. The monoisotopic (exact) mass is 202 g/mol. The molecule has 0 unspecified atom stereocenters. The molecule has 0 atom stereocenters. The Morgan fingerprint density at radius 1 is 1.25 bits per heavy atom. The highest BCUT2D eigenvalue weighted by Crippen LogP contribution is 2.23. The van der Waals surface area contributed by atoms with Crippen LogP contribution >= 0.6 is 23.2 Å². The van der Waals surface area contributed by atoms with Gasteiger partial charge in [0, 0.05) is 22.8 Å². The van der Waals surface area contributed by atoms with E-state index < -0.39 is 0 Å². The topological polar surface area (TPSA) is 20.3 Å². The minimum Gasteiger partial charge on any atom is -0.307 e. The summed E-state index contributed by atoms with van der Waals surface area (Å²) in [7, 11) is 1.58. The van der Waals surface area contributed by atoms with Crippen molar-refractivity contribution in [2.75, 3.05) is 11.9 Å². The number of amides is 1. The Kier molecular flexibility index (Phi) is 2.95. The van der Waals surface area contributed by atoms with E-state index in [-0.39, 0.29) is 0 Å². The van der Waals surface area contributed by atoms with Crippen LogP contribution in [0.25, 0.3) is 0 Å². The Bertz CT molecular complexity index is 281. The van der Waals surface area contributed by atoms with Crippen molar-refractivity contribution in [2.45, 2.75) is 0 Å². The second-order valence-corrected chi connectivity index (χ2v) is 3.15. The summed E-state index contributed by atoms with van der Waals surface area (Å²) in [5, 5.41) is 0.999. The highest BCUT2D eigenvalue weighted by atomic mass is 35.5. The zero-order valence-corrected chi connectivity index (χ0v) is 7.86. The summed E-state index contributed by atoms with van der Waals surface area (Å²) in [6, 6.07) is 4.88. The standard InChI is InChI=1S/C8H6Cl2NO/c1-11(5-12)8-3-6(9)2-7(10)4-8/h2-4H,1H3. The maximum absolute atomic E-state index is 10.2. The van der Waals surface area contributed by atoms with Gasteiger partial charge in [0.05, 0.1) is 0 Å². The van der Waals surface area contributed by atoms with Gasteiger partial charge in [-0.25, -0.2) is 0 Å². The summed E-state index contributed by atoms with van der Waals surface area (Å²) >= 11 is 11.4. The molecule has 1 amide bonds. The number of anilines is 1. The molecule has 0 aliphatic rings. The first kappa shape index (κ1) is 9.36. The van der Waals surface area contributed by atoms with Crippen LogP contribution in [-0.4, -0.2) is 13.5 Å². The molecular formula is C8H6Cl2NO. The number of benzene rings is 1. The maximum Gasteiger partial charge on any atom is 0.316 e. The van der Waals surface area contributed by atoms with Crippen molar-refractivity contribution >= 4 is 35.3 Å². The molecule has 0 heterocycles. The fourth-order valence-electron chi connectivity index (χ4n) is 0.786. The third kappa shape index (κ3) is 2.13. The summed E-state index contributed by atoms with van der Waals surface area (Å²) in [5.74, 6) is 0. The first-order valence-corrected chi connectivity index (χ1v) is 3.96. The Morgan fingerprint density at radius 3 is 2.17 bits per heavy atom. The Balaban J connectivity index is 3.08. The van der Waals surface area contributed by atoms with Crippen LogP contribution in [0.15, 0.2) is 18.2 Å². The molecule has 0 spiro atoms. The predicted octanol–water partition coefficient (Wildman–Crippen LogP) is 2.50. The zero-order valence-electron chi connectivity index (χ0n) is 6.34. The van der Waals surface area contributed by atoms with Crippen molar-refractivity contribution in [3.05, 3.63) is 28.2 Å². The smallest absolute Gasteiger partial charge is 0.307 e. The Hall–Kier alpha value is -0.730. The SMILES string of the molecule is CN([C]=O)c1cc(Cl)cc(Cl)c1. The fourth-order valence-corrected chi connectivity index (χ4v) is 1.30. The van der Waals surface area contributed by atoms with Crippen molar-refractivity contribution in [2.24, 2.45) is 0 Å². The average Bonchev–Trinajstić information content (AvgIpc) is 2.01. The number of halogens is 2. The van der Waals surface area contributed by atoms with Crippen LogP contribution in [0.5, 0.6) is 0 Å². The summed E-state index contributed by atoms with van der Waals surface area (Å²) in [6.07, 6.45) is 1.70. The van der Waals surface area contributed by atoms with Crippen molar-refractivity contribution in [1.29, 1.82) is 0 Å². The van der Waals surface area contributed by atoms with E-state index in [1.807, 2.05) is 0 Å². The van der Waals surface area contributed by atoms with Gasteiger partial charge >= 0.3 is 6.41 Å². The third-order valence-electron chi connectivity index (χ3n) is 1.37. The third-order valence-corrected chi connectivity index (χ3v) is 1.81. The van der Waals surface area contributed by atoms with Crippen LogP contribution in [0, 0.1) is 0 Å². The van der Waals surface area contributed by atoms with Gasteiger partial charge in [0.25, 0.3) is 0 Å². The lowest BCUT2D eigenvalue weighted by atomic mass is 10.3. The van der Waals surface area contributed by atoms with E-state index in [0.717, 1.165) is 0 Å². The van der Waals surface area contributed by atoms with Gasteiger partial charge in [0.1, 0.15) is 0 Å². The Labute approximate surface area is 80.7 Å². The molecule has 63 valence electrons. The molecule has 0 aliphatic carbocycles. The number of nitrogens with zero attached hydrogens (tertiary/aromatic N) is 1. The predicted molar refractivity (Wildman–Crippen MR) is 50.6 cm³/mol. The minimum atomic E-state index is 0.500. The number of carbonyl (C=O) groups excluding carboxylic acids is 1. The van der Waals surface area contributed by atoms with E-state index in [4.69, 9.17) is 23.2 Å². The molecular weight excluding hydrogens is 197 g/mol. The van der Waals surface area contributed by atoms with Crippen molar-refractivity contribution in [3.63, 3.8) is 0 Å². The fraction of sp³-hybridized carbons (Fsp3) is 0.125. The molecule has 2 nitrogen and oxygen atoms in total. The molecule has 0 aromatic heterocycles. The van der Waals surface area contributed by atoms with Crippen LogP contribution in [-0.2, 0) is 4.79 Å². The number of rotatable bonds is 2. The maximum atomic E-state index is 10.2. The molecule has 0 N–H and O–H groups in total. The van der Waals surface area contributed by atoms with Gasteiger partial charge in [-0.2, -0.15) is 0 Å². The van der Waals surface area contributed by atoms with Crippen LogP contribution in [0.2, 0.25) is 10.0 Å². The molecule has 1 rings (SSSR count). The van der Waals surface area contributed by atoms with Gasteiger partial charge in [-0.15, -0.1) is 0 Å². The lowest BCUT2D eigenvalue weighted by molar-refractivity contribution is 0.554. The summed E-state index contributed by atoms with van der Waals surface area (Å²) in [5.41, 5.74) is 0.627. The summed E-state index contributed by atoms with van der Waals surface area (Å²) in [6.45, 7) is 0. The van der Waals surface area contributed by atoms with E-state index in [9.17, 15) is 4.79 Å². The van der Waals surface area contributed by atoms with Crippen LogP contribution in [0.4, 0.5) is 5.69 Å². The number of hydrogen-bond acceptors (Lipinski definition) is 1. The molecule has 1 aromatic carbocycles. The van der Waals surface area contributed by atoms with Gasteiger partial charge in [0.15, 0.2) is 0 Å². The highest BCUT2D eigenvalue weighted by Gasteiger charge is 2.02. The molecule has 4 heteroatoms. The van der Waals surface area contributed by atoms with Gasteiger partial charge < -0.3 is 4.90 Å². The van der Waals surface area contributed by atoms with Gasteiger partial charge in [-0.05, 0) is 18.2 Å². The molecule has 0 aliphatic heterocycles. The van der Waals surface area contributed by atoms with E-state index >= 15 is 0 Å². The van der Waals surface area contributed by atoms with E-state index in [2.05, 4.69) is 0 Å². The van der Waals surface area contributed by atoms with Crippen molar-refractivity contribution in [3.8, 4) is 0 Å². The average molecular weight is 203 g/mol. The van der Waals surface area contributed by atoms with E-state index in [1.165, 1.54) is 4.90 Å². The van der Waals surface area contributed by atoms with Crippen molar-refractivity contribution < 1.29 is 4.79 Å². The van der Waals surface area contributed by atoms with Crippen LogP contribution < -0.4 is 4.90 Å². The molecule has 12 heavy (non-hydrogen) atoms. The summed E-state index contributed by atoms with van der Waals surface area (Å²) < 4.78 is 0. The van der Waals surface area contributed by atoms with Gasteiger partial charge in [-0.3, -0.25) is 4.79 Å². The second-order valence-electron chi connectivity index (χ2n) is 2.28. The molecule has 0 saturated heterocycles. The van der Waals surface area contributed by atoms with E-state index in [1.54, 1.807) is 31.7 Å². The van der Waals surface area contributed by atoms with Crippen LogP contribution in [0.1, 0.15) is 0 Å². The lowest BCUT2D eigenvalue weighted by Crippen LogP contribution is -2.13. The first-order chi connectivity index (χ1) is 5.63. The minimum absolute atomic E-state index is 0.500. The van der Waals surface area contributed by atoms with Crippen LogP contribution in [0.3, 0.4) is 0 Å². The highest BCUT2D eigenvalue weighted by molar-refractivity contribution is 6.35. The molecule has 0 bridgehead atoms. The molecule has 1 aromatic rings. The van der Waals surface area contributed by atoms with Crippen molar-refractivity contribution in [1.82, 2.24) is 0 Å². The largest absolute Gasteiger partial charge is 0.316 e. The molecule has 0 fully saturated rings.